The number of hydrogen-bond acceptors (Lipinski definition) is 1. The average molecular weight is 726 g/mol. The van der Waals surface area contributed by atoms with Gasteiger partial charge in [-0.05, 0) is 132 Å². The predicted molar refractivity (Wildman–Crippen MR) is 238 cm³/mol. The maximum absolute atomic E-state index is 6.20. The van der Waals surface area contributed by atoms with Crippen molar-refractivity contribution in [3.05, 3.63) is 187 Å². The van der Waals surface area contributed by atoms with E-state index in [0.717, 1.165) is 27.6 Å². The SMILES string of the molecule is CC1(C)c2ccccc2-c2cc3c4cc(-c5ccc6oc7ccccc7c6c5)ccc4n(-c4cccc(-c5ccc6c7c(cccc57)-c5ccccc5-6)c4)c3cc21. The van der Waals surface area contributed by atoms with Crippen molar-refractivity contribution in [3.8, 4) is 61.3 Å². The molecule has 266 valence electrons. The first-order valence-electron chi connectivity index (χ1n) is 19.9. The summed E-state index contributed by atoms with van der Waals surface area (Å²) in [5.74, 6) is 0. The zero-order valence-electron chi connectivity index (χ0n) is 31.6. The Hall–Kier alpha value is -7.16. The van der Waals surface area contributed by atoms with Crippen molar-refractivity contribution in [2.24, 2.45) is 0 Å². The molecule has 0 amide bonds. The molecule has 0 aliphatic heterocycles. The molecule has 2 aromatic heterocycles. The van der Waals surface area contributed by atoms with Crippen LogP contribution in [0.3, 0.4) is 0 Å². The van der Waals surface area contributed by atoms with Gasteiger partial charge in [-0.25, -0.2) is 0 Å². The Balaban J connectivity index is 1.04. The number of fused-ring (bicyclic) bond motifs is 12. The van der Waals surface area contributed by atoms with E-state index < -0.39 is 0 Å². The second kappa shape index (κ2) is 11.0. The van der Waals surface area contributed by atoms with Gasteiger partial charge in [0.05, 0.1) is 11.0 Å². The van der Waals surface area contributed by atoms with Crippen LogP contribution in [0, 0.1) is 0 Å². The molecule has 9 aromatic carbocycles. The lowest BCUT2D eigenvalue weighted by Crippen LogP contribution is -2.14. The molecule has 0 saturated carbocycles. The van der Waals surface area contributed by atoms with Gasteiger partial charge in [0.15, 0.2) is 0 Å². The molecule has 2 aliphatic carbocycles. The number of furan rings is 1. The molecule has 0 radical (unpaired) electrons. The zero-order chi connectivity index (χ0) is 37.6. The Bertz CT molecular complexity index is 3530. The fourth-order valence-electron chi connectivity index (χ4n) is 10.4. The van der Waals surface area contributed by atoms with Crippen LogP contribution in [-0.2, 0) is 5.41 Å². The fourth-order valence-corrected chi connectivity index (χ4v) is 10.4. The van der Waals surface area contributed by atoms with E-state index in [4.69, 9.17) is 4.42 Å². The van der Waals surface area contributed by atoms with Crippen molar-refractivity contribution < 1.29 is 4.42 Å². The number of aromatic nitrogens is 1. The van der Waals surface area contributed by atoms with Gasteiger partial charge >= 0.3 is 0 Å². The molecule has 0 spiro atoms. The first kappa shape index (κ1) is 31.1. The molecule has 2 aliphatic rings. The Labute approximate surface area is 329 Å². The first-order valence-corrected chi connectivity index (χ1v) is 19.9. The highest BCUT2D eigenvalue weighted by atomic mass is 16.3. The van der Waals surface area contributed by atoms with Gasteiger partial charge < -0.3 is 8.98 Å². The summed E-state index contributed by atoms with van der Waals surface area (Å²) in [6.07, 6.45) is 0. The number of hydrogen-bond donors (Lipinski definition) is 0. The van der Waals surface area contributed by atoms with Crippen LogP contribution in [-0.4, -0.2) is 4.57 Å². The molecule has 0 atom stereocenters. The van der Waals surface area contributed by atoms with Crippen molar-refractivity contribution >= 4 is 54.5 Å². The second-order valence-electron chi connectivity index (χ2n) is 16.4. The highest BCUT2D eigenvalue weighted by molar-refractivity contribution is 6.19. The van der Waals surface area contributed by atoms with Crippen LogP contribution in [0.25, 0.3) is 116 Å². The summed E-state index contributed by atoms with van der Waals surface area (Å²) in [6.45, 7) is 4.75. The summed E-state index contributed by atoms with van der Waals surface area (Å²) in [4.78, 5) is 0. The summed E-state index contributed by atoms with van der Waals surface area (Å²) < 4.78 is 8.70. The molecule has 0 fully saturated rings. The van der Waals surface area contributed by atoms with Gasteiger partial charge in [0, 0.05) is 32.6 Å². The van der Waals surface area contributed by atoms with E-state index in [9.17, 15) is 0 Å². The Morgan fingerprint density at radius 1 is 0.368 bits per heavy atom. The fraction of sp³-hybridized carbons (Fsp3) is 0.0545. The molecule has 0 N–H and O–H groups in total. The van der Waals surface area contributed by atoms with Gasteiger partial charge in [0.2, 0.25) is 0 Å². The predicted octanol–water partition coefficient (Wildman–Crippen LogP) is 15.1. The van der Waals surface area contributed by atoms with E-state index >= 15 is 0 Å². The van der Waals surface area contributed by atoms with E-state index in [-0.39, 0.29) is 5.41 Å². The van der Waals surface area contributed by atoms with Crippen LogP contribution >= 0.6 is 0 Å². The topological polar surface area (TPSA) is 18.1 Å². The van der Waals surface area contributed by atoms with Crippen LogP contribution in [0.4, 0.5) is 0 Å². The van der Waals surface area contributed by atoms with Crippen molar-refractivity contribution in [1.82, 2.24) is 4.57 Å². The third kappa shape index (κ3) is 4.14. The van der Waals surface area contributed by atoms with E-state index in [2.05, 4.69) is 182 Å². The van der Waals surface area contributed by atoms with Gasteiger partial charge in [-0.15, -0.1) is 0 Å². The number of nitrogens with zero attached hydrogens (tertiary/aromatic N) is 1. The third-order valence-electron chi connectivity index (χ3n) is 13.1. The standard InChI is InChI=1S/C55H35NO/c1-55(2)48-19-7-5-15-39(48)44-30-46-45-28-32(33-22-26-53-47(29-33)40-16-6-8-20-52(40)57-53)21-25-50(45)56(51(46)31-49(44)55)35-12-9-11-34(27-35)36-23-24-43-38-14-4-3-13-37(38)42-18-10-17-41(36)54(42)43/h3-31H,1-2H3. The molecule has 57 heavy (non-hydrogen) atoms. The Morgan fingerprint density at radius 2 is 1.02 bits per heavy atom. The summed E-state index contributed by atoms with van der Waals surface area (Å²) >= 11 is 0. The highest BCUT2D eigenvalue weighted by Crippen LogP contribution is 2.52. The van der Waals surface area contributed by atoms with Crippen molar-refractivity contribution in [3.63, 3.8) is 0 Å². The molecule has 0 bridgehead atoms. The van der Waals surface area contributed by atoms with Gasteiger partial charge in [-0.3, -0.25) is 0 Å². The van der Waals surface area contributed by atoms with E-state index in [1.807, 2.05) is 12.1 Å². The third-order valence-corrected chi connectivity index (χ3v) is 13.1. The monoisotopic (exact) mass is 725 g/mol. The molecular weight excluding hydrogens is 691 g/mol. The maximum atomic E-state index is 6.20. The quantitative estimate of drug-likeness (QED) is 0.177. The van der Waals surface area contributed by atoms with E-state index in [1.165, 1.54) is 99.3 Å². The van der Waals surface area contributed by atoms with Crippen LogP contribution in [0.5, 0.6) is 0 Å². The van der Waals surface area contributed by atoms with Crippen molar-refractivity contribution in [2.45, 2.75) is 19.3 Å². The number of para-hydroxylation sites is 1. The molecule has 0 unspecified atom stereocenters. The Morgan fingerprint density at radius 3 is 1.89 bits per heavy atom. The lowest BCUT2D eigenvalue weighted by atomic mass is 9.82. The lowest BCUT2D eigenvalue weighted by molar-refractivity contribution is 0.661. The molecule has 13 rings (SSSR count). The molecule has 2 heterocycles. The summed E-state index contributed by atoms with van der Waals surface area (Å²) in [5, 5.41) is 7.45. The minimum absolute atomic E-state index is 0.112. The second-order valence-corrected chi connectivity index (χ2v) is 16.4. The number of rotatable bonds is 3. The van der Waals surface area contributed by atoms with Gasteiger partial charge in [-0.2, -0.15) is 0 Å². The van der Waals surface area contributed by atoms with Gasteiger partial charge in [0.1, 0.15) is 11.2 Å². The van der Waals surface area contributed by atoms with E-state index in [0.29, 0.717) is 0 Å². The van der Waals surface area contributed by atoms with Crippen LogP contribution in [0.15, 0.2) is 180 Å². The Kier molecular flexibility index (Phi) is 6.00. The molecule has 2 nitrogen and oxygen atoms in total. The number of benzene rings is 9. The minimum atomic E-state index is -0.112. The molecule has 0 saturated heterocycles. The van der Waals surface area contributed by atoms with Gasteiger partial charge in [-0.1, -0.05) is 135 Å². The van der Waals surface area contributed by atoms with Crippen LogP contribution < -0.4 is 0 Å². The smallest absolute Gasteiger partial charge is 0.135 e. The van der Waals surface area contributed by atoms with Crippen molar-refractivity contribution in [2.75, 3.05) is 0 Å². The van der Waals surface area contributed by atoms with Gasteiger partial charge in [0.25, 0.3) is 0 Å². The first-order chi connectivity index (χ1) is 28.0. The highest BCUT2D eigenvalue weighted by Gasteiger charge is 2.36. The summed E-state index contributed by atoms with van der Waals surface area (Å²) in [7, 11) is 0. The minimum Gasteiger partial charge on any atom is -0.456 e. The molecular formula is C55H35NO. The maximum Gasteiger partial charge on any atom is 0.135 e. The van der Waals surface area contributed by atoms with Crippen LogP contribution in [0.2, 0.25) is 0 Å². The van der Waals surface area contributed by atoms with Crippen molar-refractivity contribution in [1.29, 1.82) is 0 Å². The van der Waals surface area contributed by atoms with E-state index in [1.54, 1.807) is 0 Å². The summed E-state index contributed by atoms with van der Waals surface area (Å²) in [6, 6.07) is 65.3. The normalized spacial score (nSPS) is 13.6. The largest absolute Gasteiger partial charge is 0.456 e. The zero-order valence-corrected chi connectivity index (χ0v) is 31.6. The molecule has 2 heteroatoms. The molecule has 11 aromatic rings. The summed E-state index contributed by atoms with van der Waals surface area (Å²) in [5.41, 5.74) is 20.9. The van der Waals surface area contributed by atoms with Crippen LogP contribution in [0.1, 0.15) is 25.0 Å². The average Bonchev–Trinajstić information content (AvgIpc) is 3.96. The lowest BCUT2D eigenvalue weighted by Gasteiger charge is -2.21.